The highest BCUT2D eigenvalue weighted by Crippen LogP contribution is 2.24. The van der Waals surface area contributed by atoms with E-state index in [4.69, 9.17) is 0 Å². The Morgan fingerprint density at radius 1 is 1.16 bits per heavy atom. The first-order valence-corrected chi connectivity index (χ1v) is 8.67. The molecule has 25 heavy (non-hydrogen) atoms. The number of hydrogen-bond acceptors (Lipinski definition) is 3. The lowest BCUT2D eigenvalue weighted by Crippen LogP contribution is -2.62. The first-order valence-electron chi connectivity index (χ1n) is 8.67. The number of hydrogen-bond donors (Lipinski definition) is 1. The predicted octanol–water partition coefficient (Wildman–Crippen LogP) is 2.64. The van der Waals surface area contributed by atoms with E-state index in [1.54, 1.807) is 0 Å². The van der Waals surface area contributed by atoms with Gasteiger partial charge < -0.3 is 5.11 Å². The molecule has 1 fully saturated rings. The summed E-state index contributed by atoms with van der Waals surface area (Å²) in [7, 11) is 0. The molecule has 0 aromatic carbocycles. The molecule has 0 saturated carbocycles. The number of carboxylic acid groups (broad SMARTS) is 1. The van der Waals surface area contributed by atoms with E-state index >= 15 is 0 Å². The number of carbonyl (C=O) groups is 1. The maximum Gasteiger partial charge on any atom is 0.407 e. The van der Waals surface area contributed by atoms with Crippen molar-refractivity contribution in [2.45, 2.75) is 20.3 Å². The van der Waals surface area contributed by atoms with Crippen LogP contribution < -0.4 is 4.48 Å². The van der Waals surface area contributed by atoms with Gasteiger partial charge in [0, 0.05) is 30.6 Å². The van der Waals surface area contributed by atoms with Crippen molar-refractivity contribution in [1.29, 1.82) is 0 Å². The number of aromatic nitrogens is 2. The van der Waals surface area contributed by atoms with E-state index in [-0.39, 0.29) is 0 Å². The van der Waals surface area contributed by atoms with Gasteiger partial charge in [0.1, 0.15) is 13.1 Å². The Balaban J connectivity index is 1.82. The zero-order chi connectivity index (χ0) is 17.9. The van der Waals surface area contributed by atoms with Gasteiger partial charge in [0.05, 0.1) is 19.6 Å². The summed E-state index contributed by atoms with van der Waals surface area (Å²) in [4.78, 5) is 21.9. The quantitative estimate of drug-likeness (QED) is 0.868. The zero-order valence-corrected chi connectivity index (χ0v) is 14.9. The highest BCUT2D eigenvalue weighted by Gasteiger charge is 2.37. The van der Waals surface area contributed by atoms with Crippen LogP contribution in [0.25, 0.3) is 0 Å². The molecule has 6 nitrogen and oxygen atoms in total. The van der Waals surface area contributed by atoms with E-state index in [2.05, 4.69) is 35.1 Å². The molecule has 0 radical (unpaired) electrons. The van der Waals surface area contributed by atoms with Gasteiger partial charge in [0.2, 0.25) is 5.82 Å². The van der Waals surface area contributed by atoms with Crippen molar-refractivity contribution < 1.29 is 9.90 Å². The summed E-state index contributed by atoms with van der Waals surface area (Å²) in [5.74, 6) is 1.02. The molecule has 0 bridgehead atoms. The lowest BCUT2D eigenvalue weighted by molar-refractivity contribution is 0.106. The normalized spacial score (nSPS) is 16.6. The number of pyridine rings is 2. The van der Waals surface area contributed by atoms with Crippen LogP contribution in [0.3, 0.4) is 0 Å². The second-order valence-corrected chi connectivity index (χ2v) is 6.85. The number of rotatable bonds is 4. The van der Waals surface area contributed by atoms with Crippen LogP contribution in [0.15, 0.2) is 36.7 Å². The Labute approximate surface area is 148 Å². The molecule has 0 spiro atoms. The van der Waals surface area contributed by atoms with Crippen LogP contribution in [0.1, 0.15) is 16.8 Å². The highest BCUT2D eigenvalue weighted by molar-refractivity contribution is 5.65. The van der Waals surface area contributed by atoms with Crippen molar-refractivity contribution in [3.63, 3.8) is 0 Å². The van der Waals surface area contributed by atoms with Crippen LogP contribution >= 0.6 is 0 Å². The van der Waals surface area contributed by atoms with E-state index in [0.717, 1.165) is 43.1 Å². The van der Waals surface area contributed by atoms with Crippen LogP contribution in [-0.4, -0.2) is 58.8 Å². The minimum Gasteiger partial charge on any atom is -0.465 e. The van der Waals surface area contributed by atoms with E-state index in [1.807, 2.05) is 25.4 Å². The van der Waals surface area contributed by atoms with Crippen molar-refractivity contribution in [1.82, 2.24) is 19.4 Å². The molecule has 0 atom stereocenters. The number of aryl methyl sites for hydroxylation is 2. The molecule has 1 aliphatic heterocycles. The largest absolute Gasteiger partial charge is 0.465 e. The van der Waals surface area contributed by atoms with Crippen molar-refractivity contribution in [2.24, 2.45) is 0 Å². The molecule has 2 aromatic heterocycles. The standard InChI is InChI=1S/C19H24N4O2/c1-15-5-7-20-17(13-15)6-10-23(18-4-3-16(2)14-21-18)11-8-22(9-12-23)19(24)25/h3-5,7,13-14H,6,8-12H2,1-2H3/p+1. The minimum atomic E-state index is -0.838. The molecule has 1 N–H and O–H groups in total. The van der Waals surface area contributed by atoms with Gasteiger partial charge in [-0.25, -0.2) is 9.78 Å². The maximum absolute atomic E-state index is 11.3. The zero-order valence-electron chi connectivity index (χ0n) is 14.9. The second-order valence-electron chi connectivity index (χ2n) is 6.85. The summed E-state index contributed by atoms with van der Waals surface area (Å²) in [6.45, 7) is 7.53. The number of nitrogens with zero attached hydrogens (tertiary/aromatic N) is 4. The maximum atomic E-state index is 11.3. The Bertz CT molecular complexity index is 737. The van der Waals surface area contributed by atoms with Gasteiger partial charge in [-0.3, -0.25) is 14.4 Å². The minimum absolute atomic E-state index is 0.534. The molecule has 1 saturated heterocycles. The number of piperazine rings is 1. The Morgan fingerprint density at radius 2 is 1.92 bits per heavy atom. The molecule has 1 aliphatic rings. The van der Waals surface area contributed by atoms with Crippen LogP contribution in [-0.2, 0) is 6.42 Å². The van der Waals surface area contributed by atoms with E-state index in [9.17, 15) is 9.90 Å². The lowest BCUT2D eigenvalue weighted by Gasteiger charge is -2.42. The first kappa shape index (κ1) is 17.4. The van der Waals surface area contributed by atoms with E-state index in [1.165, 1.54) is 10.5 Å². The van der Waals surface area contributed by atoms with Crippen molar-refractivity contribution in [3.05, 3.63) is 53.5 Å². The molecule has 3 heterocycles. The third kappa shape index (κ3) is 3.96. The van der Waals surface area contributed by atoms with Crippen LogP contribution in [0.4, 0.5) is 10.6 Å². The summed E-state index contributed by atoms with van der Waals surface area (Å²) in [6.07, 6.45) is 3.75. The van der Waals surface area contributed by atoms with Crippen molar-refractivity contribution in [2.75, 3.05) is 32.7 Å². The smallest absolute Gasteiger partial charge is 0.407 e. The average Bonchev–Trinajstić information content (AvgIpc) is 2.61. The van der Waals surface area contributed by atoms with Gasteiger partial charge in [0.15, 0.2) is 0 Å². The van der Waals surface area contributed by atoms with Gasteiger partial charge in [-0.05, 0) is 37.1 Å². The fraction of sp³-hybridized carbons (Fsp3) is 0.421. The van der Waals surface area contributed by atoms with Crippen LogP contribution in [0, 0.1) is 13.8 Å². The topological polar surface area (TPSA) is 66.3 Å². The van der Waals surface area contributed by atoms with Crippen LogP contribution in [0.5, 0.6) is 0 Å². The van der Waals surface area contributed by atoms with Gasteiger partial charge in [-0.2, -0.15) is 0 Å². The molecule has 3 rings (SSSR count). The highest BCUT2D eigenvalue weighted by atomic mass is 16.4. The Morgan fingerprint density at radius 3 is 2.52 bits per heavy atom. The van der Waals surface area contributed by atoms with Crippen molar-refractivity contribution in [3.8, 4) is 0 Å². The lowest BCUT2D eigenvalue weighted by atomic mass is 10.1. The summed E-state index contributed by atoms with van der Waals surface area (Å²) >= 11 is 0. The van der Waals surface area contributed by atoms with Gasteiger partial charge in [0.25, 0.3) is 0 Å². The molecule has 0 unspecified atom stereocenters. The molecule has 6 heteroatoms. The third-order valence-electron chi connectivity index (χ3n) is 5.02. The van der Waals surface area contributed by atoms with Gasteiger partial charge >= 0.3 is 6.09 Å². The van der Waals surface area contributed by atoms with Crippen LogP contribution in [0.2, 0.25) is 0 Å². The molecule has 1 amide bonds. The fourth-order valence-corrected chi connectivity index (χ4v) is 3.41. The van der Waals surface area contributed by atoms with E-state index < -0.39 is 6.09 Å². The van der Waals surface area contributed by atoms with E-state index in [0.29, 0.717) is 17.6 Å². The molecule has 0 aliphatic carbocycles. The molecular formula is C19H25N4O2+. The third-order valence-corrected chi connectivity index (χ3v) is 5.02. The van der Waals surface area contributed by atoms with Gasteiger partial charge in [-0.15, -0.1) is 0 Å². The van der Waals surface area contributed by atoms with Gasteiger partial charge in [-0.1, -0.05) is 6.07 Å². The Hall–Kier alpha value is -2.47. The Kier molecular flexibility index (Phi) is 4.99. The molecule has 132 valence electrons. The second kappa shape index (κ2) is 7.19. The first-order chi connectivity index (χ1) is 12.0. The fourth-order valence-electron chi connectivity index (χ4n) is 3.41. The van der Waals surface area contributed by atoms with Crippen molar-refractivity contribution >= 4 is 11.9 Å². The summed E-state index contributed by atoms with van der Waals surface area (Å²) in [6, 6.07) is 8.28. The monoisotopic (exact) mass is 341 g/mol. The SMILES string of the molecule is Cc1ccc([N+]2(CCc3cc(C)ccn3)CCN(C(=O)O)CC2)nc1. The molecule has 2 aromatic rings. The average molecular weight is 341 g/mol. The summed E-state index contributed by atoms with van der Waals surface area (Å²) in [5, 5.41) is 9.25. The number of amides is 1. The predicted molar refractivity (Wildman–Crippen MR) is 97.6 cm³/mol. The number of quaternary nitrogens is 1. The summed E-state index contributed by atoms with van der Waals surface area (Å²) in [5.41, 5.74) is 3.41. The summed E-state index contributed by atoms with van der Waals surface area (Å²) < 4.78 is 0.708. The molecular weight excluding hydrogens is 316 g/mol.